The maximum atomic E-state index is 12.5. The molecule has 1 aliphatic rings. The molecule has 0 saturated heterocycles. The summed E-state index contributed by atoms with van der Waals surface area (Å²) >= 11 is 0. The number of benzene rings is 2. The second kappa shape index (κ2) is 7.44. The highest BCUT2D eigenvalue weighted by Crippen LogP contribution is 2.34. The zero-order chi connectivity index (χ0) is 19.5. The molecule has 0 unspecified atom stereocenters. The van der Waals surface area contributed by atoms with Crippen LogP contribution in [0.25, 0.3) is 6.08 Å². The number of anilines is 1. The van der Waals surface area contributed by atoms with Crippen LogP contribution in [0.3, 0.4) is 0 Å². The fraction of sp³-hybridized carbons (Fsp3) is 0.0909. The third kappa shape index (κ3) is 3.53. The van der Waals surface area contributed by atoms with Crippen LogP contribution in [-0.2, 0) is 11.3 Å². The molecule has 2 aromatic carbocycles. The molecule has 0 aliphatic carbocycles. The Morgan fingerprint density at radius 3 is 2.61 bits per heavy atom. The van der Waals surface area contributed by atoms with Crippen molar-refractivity contribution in [1.29, 1.82) is 0 Å². The summed E-state index contributed by atoms with van der Waals surface area (Å²) in [6, 6.07) is 17.9. The molecule has 140 valence electrons. The Bertz CT molecular complexity index is 1040. The van der Waals surface area contributed by atoms with Gasteiger partial charge in [-0.3, -0.25) is 9.59 Å². The van der Waals surface area contributed by atoms with E-state index in [1.807, 2.05) is 24.3 Å². The van der Waals surface area contributed by atoms with E-state index >= 15 is 0 Å². The number of furan rings is 1. The zero-order valence-electron chi connectivity index (χ0n) is 15.2. The molecule has 3 aromatic rings. The Balaban J connectivity index is 1.48. The maximum absolute atomic E-state index is 12.5. The van der Waals surface area contributed by atoms with Gasteiger partial charge in [0.05, 0.1) is 18.5 Å². The summed E-state index contributed by atoms with van der Waals surface area (Å²) in [4.78, 5) is 26.3. The summed E-state index contributed by atoms with van der Waals surface area (Å²) in [5, 5.41) is 2.79. The Hall–Kier alpha value is -3.80. The number of hydrogen-bond acceptors (Lipinski definition) is 4. The second-order valence-electron chi connectivity index (χ2n) is 6.33. The number of carbonyl (C=O) groups excluding carboxylic acids is 2. The van der Waals surface area contributed by atoms with E-state index in [2.05, 4.69) is 5.32 Å². The lowest BCUT2D eigenvalue weighted by molar-refractivity contribution is -0.117. The van der Waals surface area contributed by atoms with Crippen molar-refractivity contribution < 1.29 is 18.7 Å². The molecule has 0 spiro atoms. The summed E-state index contributed by atoms with van der Waals surface area (Å²) < 4.78 is 11.0. The van der Waals surface area contributed by atoms with Gasteiger partial charge < -0.3 is 19.4 Å². The number of likely N-dealkylation sites (N-methyl/N-ethyl adjacent to an activating group) is 1. The monoisotopic (exact) mass is 374 g/mol. The van der Waals surface area contributed by atoms with Crippen molar-refractivity contribution in [3.8, 4) is 5.75 Å². The van der Waals surface area contributed by atoms with Crippen molar-refractivity contribution in [2.75, 3.05) is 11.9 Å². The van der Waals surface area contributed by atoms with Gasteiger partial charge in [0.1, 0.15) is 5.76 Å². The quantitative estimate of drug-likeness (QED) is 0.708. The smallest absolute Gasteiger partial charge is 0.293 e. The van der Waals surface area contributed by atoms with Gasteiger partial charge in [0, 0.05) is 12.6 Å². The van der Waals surface area contributed by atoms with Crippen LogP contribution in [0.5, 0.6) is 5.75 Å². The molecule has 1 aromatic heterocycles. The molecular weight excluding hydrogens is 356 g/mol. The number of para-hydroxylation sites is 2. The first kappa shape index (κ1) is 17.6. The summed E-state index contributed by atoms with van der Waals surface area (Å²) in [5.74, 6) is 1.13. The minimum atomic E-state index is -0.223. The largest absolute Gasteiger partial charge is 0.467 e. The Morgan fingerprint density at radius 1 is 1.07 bits per heavy atom. The lowest BCUT2D eigenvalue weighted by Gasteiger charge is -2.27. The molecule has 6 nitrogen and oxygen atoms in total. The molecule has 0 radical (unpaired) electrons. The van der Waals surface area contributed by atoms with E-state index < -0.39 is 0 Å². The zero-order valence-corrected chi connectivity index (χ0v) is 15.2. The van der Waals surface area contributed by atoms with Gasteiger partial charge in [-0.15, -0.1) is 0 Å². The summed E-state index contributed by atoms with van der Waals surface area (Å²) in [7, 11) is 1.71. The maximum Gasteiger partial charge on any atom is 0.293 e. The van der Waals surface area contributed by atoms with Crippen molar-refractivity contribution in [3.05, 3.63) is 89.6 Å². The molecular formula is C22H18N2O4. The summed E-state index contributed by atoms with van der Waals surface area (Å²) in [6.45, 7) is 0.325. The first-order chi connectivity index (χ1) is 13.6. The molecule has 0 saturated carbocycles. The van der Waals surface area contributed by atoms with Crippen molar-refractivity contribution in [2.24, 2.45) is 0 Å². The van der Waals surface area contributed by atoms with Crippen LogP contribution in [-0.4, -0.2) is 18.9 Å². The SMILES string of the molecule is CN1C(=O)/C(=C/c2ccc(C(=O)NCc3ccco3)cc2)Oc2ccccc21. The van der Waals surface area contributed by atoms with Crippen LogP contribution in [0.1, 0.15) is 21.7 Å². The molecule has 6 heteroatoms. The second-order valence-corrected chi connectivity index (χ2v) is 6.33. The van der Waals surface area contributed by atoms with Gasteiger partial charge in [-0.2, -0.15) is 0 Å². The third-order valence-electron chi connectivity index (χ3n) is 4.44. The summed E-state index contributed by atoms with van der Waals surface area (Å²) in [5.41, 5.74) is 2.01. The highest BCUT2D eigenvalue weighted by molar-refractivity contribution is 6.09. The molecule has 0 fully saturated rings. The van der Waals surface area contributed by atoms with Crippen LogP contribution in [0.4, 0.5) is 5.69 Å². The Labute approximate surface area is 162 Å². The fourth-order valence-corrected chi connectivity index (χ4v) is 2.91. The predicted octanol–water partition coefficient (Wildman–Crippen LogP) is 3.61. The van der Waals surface area contributed by atoms with Crippen molar-refractivity contribution in [2.45, 2.75) is 6.54 Å². The van der Waals surface area contributed by atoms with Gasteiger partial charge in [0.2, 0.25) is 0 Å². The molecule has 2 heterocycles. The first-order valence-corrected chi connectivity index (χ1v) is 8.79. The normalized spacial score (nSPS) is 14.5. The number of fused-ring (bicyclic) bond motifs is 1. The van der Waals surface area contributed by atoms with Crippen molar-refractivity contribution >= 4 is 23.6 Å². The molecule has 28 heavy (non-hydrogen) atoms. The van der Waals surface area contributed by atoms with Crippen molar-refractivity contribution in [1.82, 2.24) is 5.32 Å². The van der Waals surface area contributed by atoms with Gasteiger partial charge in [-0.05, 0) is 48.0 Å². The van der Waals surface area contributed by atoms with E-state index in [0.717, 1.165) is 11.3 Å². The highest BCUT2D eigenvalue weighted by atomic mass is 16.5. The Kier molecular flexibility index (Phi) is 4.68. The third-order valence-corrected chi connectivity index (χ3v) is 4.44. The van der Waals surface area contributed by atoms with Gasteiger partial charge in [-0.1, -0.05) is 24.3 Å². The van der Waals surface area contributed by atoms with E-state index in [9.17, 15) is 9.59 Å². The van der Waals surface area contributed by atoms with Crippen molar-refractivity contribution in [3.63, 3.8) is 0 Å². The first-order valence-electron chi connectivity index (χ1n) is 8.79. The molecule has 4 rings (SSSR count). The molecule has 2 amide bonds. The Morgan fingerprint density at radius 2 is 1.86 bits per heavy atom. The average Bonchev–Trinajstić information content (AvgIpc) is 3.24. The number of rotatable bonds is 4. The topological polar surface area (TPSA) is 71.8 Å². The van der Waals surface area contributed by atoms with Gasteiger partial charge in [-0.25, -0.2) is 0 Å². The lowest BCUT2D eigenvalue weighted by Crippen LogP contribution is -2.33. The number of nitrogens with zero attached hydrogens (tertiary/aromatic N) is 1. The van der Waals surface area contributed by atoms with Gasteiger partial charge in [0.15, 0.2) is 11.5 Å². The van der Waals surface area contributed by atoms with Crippen LogP contribution in [0.15, 0.2) is 77.1 Å². The van der Waals surface area contributed by atoms with Crippen LogP contribution >= 0.6 is 0 Å². The van der Waals surface area contributed by atoms with Crippen LogP contribution < -0.4 is 15.0 Å². The van der Waals surface area contributed by atoms with Crippen LogP contribution in [0, 0.1) is 0 Å². The predicted molar refractivity (Wildman–Crippen MR) is 105 cm³/mol. The van der Waals surface area contributed by atoms with E-state index in [-0.39, 0.29) is 17.6 Å². The molecule has 1 aliphatic heterocycles. The molecule has 0 atom stereocenters. The van der Waals surface area contributed by atoms with E-state index in [0.29, 0.717) is 23.6 Å². The standard InChI is InChI=1S/C22H18N2O4/c1-24-18-6-2-3-7-19(18)28-20(22(24)26)13-15-8-10-16(11-9-15)21(25)23-14-17-5-4-12-27-17/h2-13H,14H2,1H3,(H,23,25)/b20-13-. The number of nitrogens with one attached hydrogen (secondary N) is 1. The fourth-order valence-electron chi connectivity index (χ4n) is 2.91. The minimum absolute atomic E-state index is 0.200. The van der Waals surface area contributed by atoms with Gasteiger partial charge in [0.25, 0.3) is 11.8 Å². The molecule has 1 N–H and O–H groups in total. The van der Waals surface area contributed by atoms with E-state index in [1.165, 1.54) is 0 Å². The average molecular weight is 374 g/mol. The summed E-state index contributed by atoms with van der Waals surface area (Å²) in [6.07, 6.45) is 3.23. The van der Waals surface area contributed by atoms with E-state index in [4.69, 9.17) is 9.15 Å². The number of ether oxygens (including phenoxy) is 1. The number of amides is 2. The van der Waals surface area contributed by atoms with Gasteiger partial charge >= 0.3 is 0 Å². The lowest BCUT2D eigenvalue weighted by atomic mass is 10.1. The molecule has 0 bridgehead atoms. The number of carbonyl (C=O) groups is 2. The van der Waals surface area contributed by atoms with Crippen LogP contribution in [0.2, 0.25) is 0 Å². The highest BCUT2D eigenvalue weighted by Gasteiger charge is 2.27. The number of hydrogen-bond donors (Lipinski definition) is 1. The van der Waals surface area contributed by atoms with E-state index in [1.54, 1.807) is 60.7 Å². The minimum Gasteiger partial charge on any atom is -0.467 e.